The van der Waals surface area contributed by atoms with Gasteiger partial charge in [-0.25, -0.2) is 4.98 Å². The third-order valence-electron chi connectivity index (χ3n) is 6.48. The average Bonchev–Trinajstić information content (AvgIpc) is 3.38. The van der Waals surface area contributed by atoms with Crippen molar-refractivity contribution in [2.45, 2.75) is 31.6 Å². The summed E-state index contributed by atoms with van der Waals surface area (Å²) in [5, 5.41) is 0. The zero-order valence-electron chi connectivity index (χ0n) is 19.9. The maximum absolute atomic E-state index is 13.3. The van der Waals surface area contributed by atoms with Crippen molar-refractivity contribution in [2.75, 3.05) is 20.2 Å². The standard InChI is InChI=1S/C29H29N3O3/c1-34-27-12-6-5-10-22(27)18-26-19-31-28(35-26)24-11-7-15-32(20-24)29(33)23-13-14-30-25(17-23)16-21-8-3-2-4-9-21/h2-6,8-10,12-14,17,19,24H,7,11,15-16,18,20H2,1H3/t24-/m0/s1. The molecule has 6 nitrogen and oxygen atoms in total. The molecule has 35 heavy (non-hydrogen) atoms. The molecule has 2 aromatic carbocycles. The second-order valence-corrected chi connectivity index (χ2v) is 8.94. The zero-order valence-corrected chi connectivity index (χ0v) is 19.9. The van der Waals surface area contributed by atoms with Crippen molar-refractivity contribution < 1.29 is 13.9 Å². The number of hydrogen-bond donors (Lipinski definition) is 0. The number of oxazole rings is 1. The minimum absolute atomic E-state index is 0.0345. The number of amides is 1. The number of nitrogens with zero attached hydrogens (tertiary/aromatic N) is 3. The van der Waals surface area contributed by atoms with E-state index in [-0.39, 0.29) is 11.8 Å². The number of likely N-dealkylation sites (tertiary alicyclic amines) is 1. The average molecular weight is 468 g/mol. The number of aromatic nitrogens is 2. The first-order valence-electron chi connectivity index (χ1n) is 12.0. The fourth-order valence-corrected chi connectivity index (χ4v) is 4.69. The molecule has 178 valence electrons. The molecule has 0 bridgehead atoms. The van der Waals surface area contributed by atoms with E-state index in [2.05, 4.69) is 22.1 Å². The van der Waals surface area contributed by atoms with Crippen LogP contribution in [-0.4, -0.2) is 41.0 Å². The van der Waals surface area contributed by atoms with E-state index in [1.165, 1.54) is 5.56 Å². The van der Waals surface area contributed by atoms with Crippen molar-refractivity contribution in [3.63, 3.8) is 0 Å². The SMILES string of the molecule is COc1ccccc1Cc1cnc([C@H]2CCCN(C(=O)c3ccnc(Cc4ccccc4)c3)C2)o1. The zero-order chi connectivity index (χ0) is 24.0. The summed E-state index contributed by atoms with van der Waals surface area (Å²) in [5.74, 6) is 2.46. The number of rotatable bonds is 7. The van der Waals surface area contributed by atoms with E-state index in [0.29, 0.717) is 30.8 Å². The van der Waals surface area contributed by atoms with Gasteiger partial charge in [-0.3, -0.25) is 9.78 Å². The van der Waals surface area contributed by atoms with Gasteiger partial charge in [0.15, 0.2) is 5.89 Å². The van der Waals surface area contributed by atoms with E-state index >= 15 is 0 Å². The summed E-state index contributed by atoms with van der Waals surface area (Å²) < 4.78 is 11.6. The minimum Gasteiger partial charge on any atom is -0.496 e. The lowest BCUT2D eigenvalue weighted by molar-refractivity contribution is 0.0697. The molecule has 6 heteroatoms. The molecule has 0 aliphatic carbocycles. The van der Waals surface area contributed by atoms with Crippen molar-refractivity contribution >= 4 is 5.91 Å². The number of piperidine rings is 1. The Hall–Kier alpha value is -3.93. The van der Waals surface area contributed by atoms with Gasteiger partial charge in [-0.1, -0.05) is 48.5 Å². The highest BCUT2D eigenvalue weighted by atomic mass is 16.5. The molecule has 4 aromatic rings. The first-order chi connectivity index (χ1) is 17.2. The topological polar surface area (TPSA) is 68.5 Å². The maximum atomic E-state index is 13.3. The van der Waals surface area contributed by atoms with Crippen LogP contribution in [0.4, 0.5) is 0 Å². The minimum atomic E-state index is 0.0345. The highest BCUT2D eigenvalue weighted by Gasteiger charge is 2.28. The molecule has 0 spiro atoms. The van der Waals surface area contributed by atoms with Crippen LogP contribution in [0.25, 0.3) is 0 Å². The number of ether oxygens (including phenoxy) is 1. The summed E-state index contributed by atoms with van der Waals surface area (Å²) in [7, 11) is 1.67. The van der Waals surface area contributed by atoms with Gasteiger partial charge < -0.3 is 14.1 Å². The fraction of sp³-hybridized carbons (Fsp3) is 0.276. The van der Waals surface area contributed by atoms with Gasteiger partial charge in [-0.05, 0) is 36.6 Å². The van der Waals surface area contributed by atoms with Gasteiger partial charge in [-0.15, -0.1) is 0 Å². The molecule has 2 aromatic heterocycles. The lowest BCUT2D eigenvalue weighted by atomic mass is 9.97. The van der Waals surface area contributed by atoms with Crippen LogP contribution in [0.3, 0.4) is 0 Å². The Kier molecular flexibility index (Phi) is 6.89. The summed E-state index contributed by atoms with van der Waals surface area (Å²) in [6, 6.07) is 21.8. The Morgan fingerprint density at radius 1 is 1.06 bits per heavy atom. The molecule has 1 amide bonds. The van der Waals surface area contributed by atoms with Gasteiger partial charge in [-0.2, -0.15) is 0 Å². The van der Waals surface area contributed by atoms with E-state index < -0.39 is 0 Å². The first kappa shape index (κ1) is 22.8. The largest absolute Gasteiger partial charge is 0.496 e. The molecule has 1 atom stereocenters. The molecule has 0 unspecified atom stereocenters. The van der Waals surface area contributed by atoms with Crippen LogP contribution in [0.1, 0.15) is 57.6 Å². The Bertz CT molecular complexity index is 1290. The number of para-hydroxylation sites is 1. The summed E-state index contributed by atoms with van der Waals surface area (Å²) in [4.78, 5) is 24.3. The van der Waals surface area contributed by atoms with Gasteiger partial charge in [0, 0.05) is 48.9 Å². The van der Waals surface area contributed by atoms with Gasteiger partial charge in [0.05, 0.1) is 19.2 Å². The molecule has 1 saturated heterocycles. The number of methoxy groups -OCH3 is 1. The van der Waals surface area contributed by atoms with E-state index in [1.807, 2.05) is 53.4 Å². The highest BCUT2D eigenvalue weighted by Crippen LogP contribution is 2.29. The van der Waals surface area contributed by atoms with Gasteiger partial charge in [0.2, 0.25) is 0 Å². The molecule has 0 saturated carbocycles. The Balaban J connectivity index is 1.26. The molecule has 3 heterocycles. The Morgan fingerprint density at radius 2 is 1.89 bits per heavy atom. The number of pyridine rings is 1. The van der Waals surface area contributed by atoms with Gasteiger partial charge >= 0.3 is 0 Å². The predicted molar refractivity (Wildman–Crippen MR) is 134 cm³/mol. The Morgan fingerprint density at radius 3 is 2.74 bits per heavy atom. The van der Waals surface area contributed by atoms with Crippen LogP contribution in [0.2, 0.25) is 0 Å². The summed E-state index contributed by atoms with van der Waals surface area (Å²) >= 11 is 0. The molecule has 0 N–H and O–H groups in total. The molecular weight excluding hydrogens is 438 g/mol. The molecule has 1 aliphatic rings. The van der Waals surface area contributed by atoms with Crippen molar-refractivity contribution in [1.82, 2.24) is 14.9 Å². The van der Waals surface area contributed by atoms with Crippen LogP contribution in [0.5, 0.6) is 5.75 Å². The summed E-state index contributed by atoms with van der Waals surface area (Å²) in [6.07, 6.45) is 6.71. The summed E-state index contributed by atoms with van der Waals surface area (Å²) in [5.41, 5.74) is 3.80. The quantitative estimate of drug-likeness (QED) is 0.370. The number of benzene rings is 2. The second kappa shape index (κ2) is 10.6. The summed E-state index contributed by atoms with van der Waals surface area (Å²) in [6.45, 7) is 1.34. The molecule has 1 fully saturated rings. The maximum Gasteiger partial charge on any atom is 0.253 e. The Labute approximate surface area is 205 Å². The van der Waals surface area contributed by atoms with Crippen molar-refractivity contribution in [2.24, 2.45) is 0 Å². The fourth-order valence-electron chi connectivity index (χ4n) is 4.69. The predicted octanol–water partition coefficient (Wildman–Crippen LogP) is 5.28. The number of hydrogen-bond acceptors (Lipinski definition) is 5. The molecule has 1 aliphatic heterocycles. The van der Waals surface area contributed by atoms with Gasteiger partial charge in [0.1, 0.15) is 11.5 Å². The van der Waals surface area contributed by atoms with E-state index in [1.54, 1.807) is 25.6 Å². The van der Waals surface area contributed by atoms with Crippen molar-refractivity contribution in [3.05, 3.63) is 113 Å². The third-order valence-corrected chi connectivity index (χ3v) is 6.48. The lowest BCUT2D eigenvalue weighted by Crippen LogP contribution is -2.39. The molecule has 5 rings (SSSR count). The van der Waals surface area contributed by atoms with Crippen LogP contribution in [0, 0.1) is 0 Å². The van der Waals surface area contributed by atoms with E-state index in [4.69, 9.17) is 9.15 Å². The van der Waals surface area contributed by atoms with Crippen molar-refractivity contribution in [3.8, 4) is 5.75 Å². The van der Waals surface area contributed by atoms with Crippen LogP contribution in [0.15, 0.2) is 83.5 Å². The first-order valence-corrected chi connectivity index (χ1v) is 12.0. The lowest BCUT2D eigenvalue weighted by Gasteiger charge is -2.31. The van der Waals surface area contributed by atoms with E-state index in [0.717, 1.165) is 42.2 Å². The van der Waals surface area contributed by atoms with E-state index in [9.17, 15) is 4.79 Å². The number of carbonyl (C=O) groups excluding carboxylic acids is 1. The smallest absolute Gasteiger partial charge is 0.253 e. The van der Waals surface area contributed by atoms with Crippen LogP contribution >= 0.6 is 0 Å². The second-order valence-electron chi connectivity index (χ2n) is 8.94. The third kappa shape index (κ3) is 5.43. The molecule has 0 radical (unpaired) electrons. The number of carbonyl (C=O) groups is 1. The van der Waals surface area contributed by atoms with Crippen LogP contribution < -0.4 is 4.74 Å². The molecular formula is C29H29N3O3. The highest BCUT2D eigenvalue weighted by molar-refractivity contribution is 5.94. The van der Waals surface area contributed by atoms with Crippen LogP contribution in [-0.2, 0) is 12.8 Å². The monoisotopic (exact) mass is 467 g/mol. The van der Waals surface area contributed by atoms with Gasteiger partial charge in [0.25, 0.3) is 5.91 Å². The van der Waals surface area contributed by atoms with Crippen molar-refractivity contribution in [1.29, 1.82) is 0 Å². The normalized spacial score (nSPS) is 15.7.